The Morgan fingerprint density at radius 2 is 2.20 bits per heavy atom. The Morgan fingerprint density at radius 1 is 1.44 bits per heavy atom. The van der Waals surface area contributed by atoms with Crippen LogP contribution in [0.5, 0.6) is 5.75 Å². The van der Waals surface area contributed by atoms with Crippen LogP contribution < -0.4 is 10.1 Å². The molecule has 2 amide bonds. The average Bonchev–Trinajstić information content (AvgIpc) is 3.16. The summed E-state index contributed by atoms with van der Waals surface area (Å²) >= 11 is 0. The van der Waals surface area contributed by atoms with E-state index in [1.165, 1.54) is 13.2 Å². The van der Waals surface area contributed by atoms with E-state index in [-0.39, 0.29) is 11.8 Å². The van der Waals surface area contributed by atoms with Gasteiger partial charge in [0.2, 0.25) is 0 Å². The van der Waals surface area contributed by atoms with Crippen molar-refractivity contribution < 1.29 is 13.9 Å². The fourth-order valence-corrected chi connectivity index (χ4v) is 3.35. The summed E-state index contributed by atoms with van der Waals surface area (Å²) in [5.41, 5.74) is 1.48. The van der Waals surface area contributed by atoms with Crippen LogP contribution in [0.2, 0.25) is 0 Å². The lowest BCUT2D eigenvalue weighted by atomic mass is 9.94. The Kier molecular flexibility index (Phi) is 5.21. The topological polar surface area (TPSA) is 70.2 Å². The molecule has 0 saturated carbocycles. The van der Waals surface area contributed by atoms with Crippen molar-refractivity contribution in [2.75, 3.05) is 20.2 Å². The highest BCUT2D eigenvalue weighted by Crippen LogP contribution is 2.29. The monoisotopic (exact) mass is 346 g/mol. The highest BCUT2D eigenvalue weighted by molar-refractivity contribution is 5.75. The fraction of sp³-hybridized carbons (Fsp3) is 0.444. The van der Waals surface area contributed by atoms with Crippen LogP contribution in [0.3, 0.4) is 0 Å². The van der Waals surface area contributed by atoms with E-state index in [1.807, 2.05) is 6.20 Å². The van der Waals surface area contributed by atoms with Crippen LogP contribution >= 0.6 is 0 Å². The van der Waals surface area contributed by atoms with Gasteiger partial charge in [-0.15, -0.1) is 0 Å². The molecule has 25 heavy (non-hydrogen) atoms. The van der Waals surface area contributed by atoms with Crippen molar-refractivity contribution >= 4 is 6.03 Å². The molecular formula is C18H23FN4O2. The van der Waals surface area contributed by atoms with Gasteiger partial charge in [0.15, 0.2) is 0 Å². The number of carbonyl (C=O) groups is 1. The highest BCUT2D eigenvalue weighted by Gasteiger charge is 2.26. The van der Waals surface area contributed by atoms with Gasteiger partial charge in [-0.25, -0.2) is 14.2 Å². The summed E-state index contributed by atoms with van der Waals surface area (Å²) in [6, 6.07) is 4.00. The number of amides is 2. The van der Waals surface area contributed by atoms with E-state index in [9.17, 15) is 9.18 Å². The molecule has 7 heteroatoms. The SMILES string of the molecule is COc1cccc(F)c1[C@@H](C)NC(=O)N1CCC(c2cnc[nH]2)CC1. The lowest BCUT2D eigenvalue weighted by molar-refractivity contribution is 0.177. The van der Waals surface area contributed by atoms with Gasteiger partial charge in [-0.05, 0) is 31.9 Å². The molecule has 2 aromatic rings. The molecule has 134 valence electrons. The second kappa shape index (κ2) is 7.55. The number of likely N-dealkylation sites (tertiary alicyclic amines) is 1. The highest BCUT2D eigenvalue weighted by atomic mass is 19.1. The number of rotatable bonds is 4. The molecule has 2 heterocycles. The van der Waals surface area contributed by atoms with Gasteiger partial charge < -0.3 is 19.9 Å². The maximum atomic E-state index is 14.1. The van der Waals surface area contributed by atoms with Crippen molar-refractivity contribution in [2.24, 2.45) is 0 Å². The third-order valence-electron chi connectivity index (χ3n) is 4.75. The van der Waals surface area contributed by atoms with E-state index >= 15 is 0 Å². The summed E-state index contributed by atoms with van der Waals surface area (Å²) < 4.78 is 19.3. The zero-order chi connectivity index (χ0) is 17.8. The molecule has 0 unspecified atom stereocenters. The minimum absolute atomic E-state index is 0.180. The summed E-state index contributed by atoms with van der Waals surface area (Å²) in [6.45, 7) is 3.09. The maximum Gasteiger partial charge on any atom is 0.317 e. The predicted octanol–water partition coefficient (Wildman–Crippen LogP) is 3.21. The van der Waals surface area contributed by atoms with Gasteiger partial charge in [0.05, 0.1) is 25.0 Å². The first-order valence-electron chi connectivity index (χ1n) is 8.46. The molecule has 1 aliphatic rings. The van der Waals surface area contributed by atoms with Gasteiger partial charge in [0.1, 0.15) is 11.6 Å². The van der Waals surface area contributed by atoms with Crippen molar-refractivity contribution in [3.8, 4) is 5.75 Å². The number of aromatic amines is 1. The number of H-pyrrole nitrogens is 1. The molecule has 0 aliphatic carbocycles. The number of hydrogen-bond acceptors (Lipinski definition) is 3. The van der Waals surface area contributed by atoms with Gasteiger partial charge in [-0.2, -0.15) is 0 Å². The van der Waals surface area contributed by atoms with E-state index in [2.05, 4.69) is 15.3 Å². The van der Waals surface area contributed by atoms with Crippen LogP contribution in [-0.4, -0.2) is 41.1 Å². The largest absolute Gasteiger partial charge is 0.496 e. The molecule has 0 bridgehead atoms. The Morgan fingerprint density at radius 3 is 2.84 bits per heavy atom. The number of ether oxygens (including phenoxy) is 1. The Hall–Kier alpha value is -2.57. The third kappa shape index (κ3) is 3.75. The maximum absolute atomic E-state index is 14.1. The lowest BCUT2D eigenvalue weighted by Crippen LogP contribution is -2.45. The van der Waals surface area contributed by atoms with Crippen LogP contribution in [-0.2, 0) is 0 Å². The summed E-state index contributed by atoms with van der Waals surface area (Å²) in [6.07, 6.45) is 5.28. The number of imidazole rings is 1. The van der Waals surface area contributed by atoms with Crippen molar-refractivity contribution in [1.29, 1.82) is 0 Å². The number of carbonyl (C=O) groups excluding carboxylic acids is 1. The molecule has 1 aromatic heterocycles. The zero-order valence-electron chi connectivity index (χ0n) is 14.5. The van der Waals surface area contributed by atoms with E-state index in [4.69, 9.17) is 4.74 Å². The molecule has 3 rings (SSSR count). The van der Waals surface area contributed by atoms with Gasteiger partial charge in [-0.3, -0.25) is 0 Å². The molecule has 1 fully saturated rings. The number of nitrogens with one attached hydrogen (secondary N) is 2. The van der Waals surface area contributed by atoms with Crippen molar-refractivity contribution in [2.45, 2.75) is 31.7 Å². The van der Waals surface area contributed by atoms with Crippen LogP contribution in [0.25, 0.3) is 0 Å². The number of hydrogen-bond donors (Lipinski definition) is 2. The van der Waals surface area contributed by atoms with Crippen LogP contribution in [0.4, 0.5) is 9.18 Å². The molecule has 0 radical (unpaired) electrons. The van der Waals surface area contributed by atoms with E-state index in [0.29, 0.717) is 30.3 Å². The quantitative estimate of drug-likeness (QED) is 0.893. The molecule has 6 nitrogen and oxygen atoms in total. The van der Waals surface area contributed by atoms with Gasteiger partial charge in [0.25, 0.3) is 0 Å². The molecule has 1 saturated heterocycles. The predicted molar refractivity (Wildman–Crippen MR) is 92.0 cm³/mol. The van der Waals surface area contributed by atoms with Crippen LogP contribution in [0.1, 0.15) is 43.0 Å². The van der Waals surface area contributed by atoms with Crippen molar-refractivity contribution in [3.05, 3.63) is 47.8 Å². The second-order valence-electron chi connectivity index (χ2n) is 6.30. The summed E-state index contributed by atoms with van der Waals surface area (Å²) in [5, 5.41) is 2.88. The first-order chi connectivity index (χ1) is 12.1. The second-order valence-corrected chi connectivity index (χ2v) is 6.30. The molecule has 1 atom stereocenters. The number of halogens is 1. The average molecular weight is 346 g/mol. The number of aromatic nitrogens is 2. The summed E-state index contributed by atoms with van der Waals surface area (Å²) in [5.74, 6) is 0.450. The number of urea groups is 1. The van der Waals surface area contributed by atoms with E-state index in [0.717, 1.165) is 18.5 Å². The van der Waals surface area contributed by atoms with Crippen LogP contribution in [0, 0.1) is 5.82 Å². The van der Waals surface area contributed by atoms with Gasteiger partial charge in [0, 0.05) is 30.9 Å². The summed E-state index contributed by atoms with van der Waals surface area (Å²) in [7, 11) is 1.49. The van der Waals surface area contributed by atoms with Gasteiger partial charge in [-0.1, -0.05) is 6.07 Å². The first kappa shape index (κ1) is 17.3. The van der Waals surface area contributed by atoms with E-state index < -0.39 is 6.04 Å². The molecule has 2 N–H and O–H groups in total. The number of piperidine rings is 1. The Bertz CT molecular complexity index is 712. The van der Waals surface area contributed by atoms with E-state index in [1.54, 1.807) is 30.3 Å². The minimum Gasteiger partial charge on any atom is -0.496 e. The smallest absolute Gasteiger partial charge is 0.317 e. The zero-order valence-corrected chi connectivity index (χ0v) is 14.5. The number of nitrogens with zero attached hydrogens (tertiary/aromatic N) is 2. The minimum atomic E-state index is -0.478. The van der Waals surface area contributed by atoms with Crippen LogP contribution in [0.15, 0.2) is 30.7 Å². The van der Waals surface area contributed by atoms with Gasteiger partial charge >= 0.3 is 6.03 Å². The Balaban J connectivity index is 1.60. The standard InChI is InChI=1S/C18H23FN4O2/c1-12(17-14(19)4-3-5-16(17)25-2)22-18(24)23-8-6-13(7-9-23)15-10-20-11-21-15/h3-5,10-13H,6-9H2,1-2H3,(H,20,21)(H,22,24)/t12-/m1/s1. The van der Waals surface area contributed by atoms with Crippen molar-refractivity contribution in [1.82, 2.24) is 20.2 Å². The molecule has 1 aromatic carbocycles. The van der Waals surface area contributed by atoms with Crippen molar-refractivity contribution in [3.63, 3.8) is 0 Å². The molecule has 0 spiro atoms. The fourth-order valence-electron chi connectivity index (χ4n) is 3.35. The summed E-state index contributed by atoms with van der Waals surface area (Å²) in [4.78, 5) is 21.5. The number of benzene rings is 1. The normalized spacial score (nSPS) is 16.5. The Labute approximate surface area is 146 Å². The molecule has 1 aliphatic heterocycles. The lowest BCUT2D eigenvalue weighted by Gasteiger charge is -2.32. The first-order valence-corrected chi connectivity index (χ1v) is 8.46. The number of methoxy groups -OCH3 is 1. The third-order valence-corrected chi connectivity index (χ3v) is 4.75. The molecular weight excluding hydrogens is 323 g/mol.